The Morgan fingerprint density at radius 1 is 1.47 bits per heavy atom. The SMILES string of the molecule is CCOC(c1nccc(=S)[nH]1)C1CCCCC1. The number of hydrogen-bond donors (Lipinski definition) is 1. The molecule has 1 unspecified atom stereocenters. The molecule has 0 aromatic carbocycles. The van der Waals surface area contributed by atoms with E-state index in [4.69, 9.17) is 17.0 Å². The molecule has 0 amide bonds. The maximum absolute atomic E-state index is 5.88. The summed E-state index contributed by atoms with van der Waals surface area (Å²) in [5, 5.41) is 0. The standard InChI is InChI=1S/C13H20N2OS/c1-2-16-12(10-6-4-3-5-7-10)13-14-9-8-11(17)15-13/h8-10,12H,2-7H2,1H3,(H,14,15,17). The highest BCUT2D eigenvalue weighted by Crippen LogP contribution is 2.35. The third-order valence-electron chi connectivity index (χ3n) is 3.38. The molecule has 1 atom stereocenters. The van der Waals surface area contributed by atoms with Crippen molar-refractivity contribution in [1.29, 1.82) is 0 Å². The van der Waals surface area contributed by atoms with E-state index in [1.54, 1.807) is 6.20 Å². The van der Waals surface area contributed by atoms with Gasteiger partial charge in [-0.2, -0.15) is 0 Å². The van der Waals surface area contributed by atoms with Crippen LogP contribution in [0.2, 0.25) is 0 Å². The topological polar surface area (TPSA) is 37.9 Å². The van der Waals surface area contributed by atoms with Crippen molar-refractivity contribution in [3.63, 3.8) is 0 Å². The average Bonchev–Trinajstić information content (AvgIpc) is 2.37. The molecular weight excluding hydrogens is 232 g/mol. The van der Waals surface area contributed by atoms with Crippen LogP contribution in [-0.2, 0) is 4.74 Å². The number of nitrogens with one attached hydrogen (secondary N) is 1. The fourth-order valence-electron chi connectivity index (χ4n) is 2.58. The minimum atomic E-state index is 0.0863. The van der Waals surface area contributed by atoms with Gasteiger partial charge in [0.25, 0.3) is 0 Å². The molecule has 0 aliphatic heterocycles. The number of nitrogens with zero attached hydrogens (tertiary/aromatic N) is 1. The number of rotatable bonds is 4. The van der Waals surface area contributed by atoms with Crippen molar-refractivity contribution in [2.24, 2.45) is 5.92 Å². The van der Waals surface area contributed by atoms with Gasteiger partial charge in [0.2, 0.25) is 0 Å². The van der Waals surface area contributed by atoms with Crippen LogP contribution in [0.15, 0.2) is 12.3 Å². The van der Waals surface area contributed by atoms with E-state index in [1.807, 2.05) is 13.0 Å². The summed E-state index contributed by atoms with van der Waals surface area (Å²) in [5.74, 6) is 1.48. The van der Waals surface area contributed by atoms with E-state index in [1.165, 1.54) is 32.1 Å². The fourth-order valence-corrected chi connectivity index (χ4v) is 2.75. The predicted molar refractivity (Wildman–Crippen MR) is 70.4 cm³/mol. The first kappa shape index (κ1) is 12.7. The molecule has 2 rings (SSSR count). The molecule has 1 aliphatic carbocycles. The Labute approximate surface area is 108 Å². The van der Waals surface area contributed by atoms with Crippen molar-refractivity contribution in [2.75, 3.05) is 6.61 Å². The van der Waals surface area contributed by atoms with Gasteiger partial charge in [-0.3, -0.25) is 0 Å². The molecule has 1 fully saturated rings. The minimum absolute atomic E-state index is 0.0863. The van der Waals surface area contributed by atoms with Crippen LogP contribution in [0.3, 0.4) is 0 Å². The molecule has 1 aromatic heterocycles. The monoisotopic (exact) mass is 252 g/mol. The van der Waals surface area contributed by atoms with Gasteiger partial charge < -0.3 is 9.72 Å². The van der Waals surface area contributed by atoms with Crippen molar-refractivity contribution in [3.05, 3.63) is 22.7 Å². The molecule has 1 aromatic rings. The van der Waals surface area contributed by atoms with Crippen LogP contribution in [0.1, 0.15) is 51.0 Å². The molecule has 0 saturated heterocycles. The van der Waals surface area contributed by atoms with Crippen LogP contribution in [0.5, 0.6) is 0 Å². The van der Waals surface area contributed by atoms with Gasteiger partial charge in [-0.1, -0.05) is 31.5 Å². The number of H-pyrrole nitrogens is 1. The Bertz CT molecular complexity index is 398. The lowest BCUT2D eigenvalue weighted by Gasteiger charge is -2.29. The summed E-state index contributed by atoms with van der Waals surface area (Å²) in [6.45, 7) is 2.76. The smallest absolute Gasteiger partial charge is 0.136 e. The maximum atomic E-state index is 5.88. The quantitative estimate of drug-likeness (QED) is 0.828. The third kappa shape index (κ3) is 3.36. The zero-order valence-electron chi connectivity index (χ0n) is 10.3. The summed E-state index contributed by atoms with van der Waals surface area (Å²) in [5.41, 5.74) is 0. The van der Waals surface area contributed by atoms with E-state index in [0.29, 0.717) is 5.92 Å². The number of aromatic nitrogens is 2. The van der Waals surface area contributed by atoms with E-state index >= 15 is 0 Å². The second-order valence-electron chi connectivity index (χ2n) is 4.59. The highest BCUT2D eigenvalue weighted by Gasteiger charge is 2.26. The van der Waals surface area contributed by atoms with E-state index in [2.05, 4.69) is 9.97 Å². The zero-order valence-corrected chi connectivity index (χ0v) is 11.1. The van der Waals surface area contributed by atoms with Crippen LogP contribution >= 0.6 is 12.2 Å². The molecule has 4 heteroatoms. The van der Waals surface area contributed by atoms with Gasteiger partial charge in [-0.05, 0) is 31.7 Å². The normalized spacial score (nSPS) is 19.1. The summed E-state index contributed by atoms with van der Waals surface area (Å²) < 4.78 is 6.61. The predicted octanol–water partition coefficient (Wildman–Crippen LogP) is 3.80. The van der Waals surface area contributed by atoms with E-state index in [0.717, 1.165) is 17.1 Å². The fraction of sp³-hybridized carbons (Fsp3) is 0.692. The molecule has 1 saturated carbocycles. The van der Waals surface area contributed by atoms with Crippen LogP contribution < -0.4 is 0 Å². The first-order valence-corrected chi connectivity index (χ1v) is 6.89. The molecule has 1 heterocycles. The zero-order chi connectivity index (χ0) is 12.1. The van der Waals surface area contributed by atoms with Gasteiger partial charge in [-0.15, -0.1) is 0 Å². The molecular formula is C13H20N2OS. The van der Waals surface area contributed by atoms with E-state index < -0.39 is 0 Å². The summed E-state index contributed by atoms with van der Waals surface area (Å²) in [6, 6.07) is 1.81. The van der Waals surface area contributed by atoms with Gasteiger partial charge in [0.15, 0.2) is 0 Å². The van der Waals surface area contributed by atoms with Crippen molar-refractivity contribution in [3.8, 4) is 0 Å². The van der Waals surface area contributed by atoms with Crippen LogP contribution in [-0.4, -0.2) is 16.6 Å². The number of hydrogen-bond acceptors (Lipinski definition) is 3. The lowest BCUT2D eigenvalue weighted by molar-refractivity contribution is -0.000260. The van der Waals surface area contributed by atoms with Crippen molar-refractivity contribution in [1.82, 2.24) is 9.97 Å². The van der Waals surface area contributed by atoms with Gasteiger partial charge in [0.05, 0.1) is 0 Å². The Morgan fingerprint density at radius 3 is 2.88 bits per heavy atom. The summed E-state index contributed by atoms with van der Waals surface area (Å²) in [7, 11) is 0. The molecule has 1 aliphatic rings. The second kappa shape index (κ2) is 6.26. The lowest BCUT2D eigenvalue weighted by Crippen LogP contribution is -2.21. The average molecular weight is 252 g/mol. The molecule has 3 nitrogen and oxygen atoms in total. The largest absolute Gasteiger partial charge is 0.370 e. The molecule has 94 valence electrons. The first-order valence-electron chi connectivity index (χ1n) is 6.48. The van der Waals surface area contributed by atoms with Gasteiger partial charge in [0, 0.05) is 12.8 Å². The van der Waals surface area contributed by atoms with Crippen LogP contribution in [0, 0.1) is 10.6 Å². The summed E-state index contributed by atoms with van der Waals surface area (Å²) in [6.07, 6.45) is 8.30. The highest BCUT2D eigenvalue weighted by molar-refractivity contribution is 7.71. The van der Waals surface area contributed by atoms with Crippen LogP contribution in [0.25, 0.3) is 0 Å². The molecule has 0 bridgehead atoms. The van der Waals surface area contributed by atoms with Crippen molar-refractivity contribution in [2.45, 2.75) is 45.1 Å². The van der Waals surface area contributed by atoms with Crippen molar-refractivity contribution >= 4 is 12.2 Å². The Balaban J connectivity index is 2.18. The maximum Gasteiger partial charge on any atom is 0.136 e. The van der Waals surface area contributed by atoms with Crippen LogP contribution in [0.4, 0.5) is 0 Å². The highest BCUT2D eigenvalue weighted by atomic mass is 32.1. The molecule has 0 spiro atoms. The molecule has 17 heavy (non-hydrogen) atoms. The molecule has 1 N–H and O–H groups in total. The van der Waals surface area contributed by atoms with Gasteiger partial charge in [-0.25, -0.2) is 4.98 Å². The summed E-state index contributed by atoms with van der Waals surface area (Å²) in [4.78, 5) is 7.55. The van der Waals surface area contributed by atoms with E-state index in [9.17, 15) is 0 Å². The van der Waals surface area contributed by atoms with Gasteiger partial charge >= 0.3 is 0 Å². The molecule has 0 radical (unpaired) electrons. The third-order valence-corrected chi connectivity index (χ3v) is 3.62. The Kier molecular flexibility index (Phi) is 4.68. The summed E-state index contributed by atoms with van der Waals surface area (Å²) >= 11 is 5.15. The number of aromatic amines is 1. The van der Waals surface area contributed by atoms with Crippen molar-refractivity contribution < 1.29 is 4.74 Å². The lowest BCUT2D eigenvalue weighted by atomic mass is 9.85. The van der Waals surface area contributed by atoms with E-state index in [-0.39, 0.29) is 6.10 Å². The second-order valence-corrected chi connectivity index (χ2v) is 5.03. The Morgan fingerprint density at radius 2 is 2.24 bits per heavy atom. The number of ether oxygens (including phenoxy) is 1. The minimum Gasteiger partial charge on any atom is -0.370 e. The van der Waals surface area contributed by atoms with Gasteiger partial charge in [0.1, 0.15) is 16.6 Å². The Hall–Kier alpha value is -0.740. The first-order chi connectivity index (χ1) is 8.31.